The molecule has 1 heterocycles. The highest BCUT2D eigenvalue weighted by molar-refractivity contribution is 7.89. The third kappa shape index (κ3) is 7.18. The van der Waals surface area contributed by atoms with Crippen LogP contribution in [0.1, 0.15) is 60.8 Å². The first-order chi connectivity index (χ1) is 15.8. The summed E-state index contributed by atoms with van der Waals surface area (Å²) in [7, 11) is -3.83. The first kappa shape index (κ1) is 28.6. The first-order valence-corrected chi connectivity index (χ1v) is 13.5. The van der Waals surface area contributed by atoms with Gasteiger partial charge in [0.15, 0.2) is 0 Å². The quantitative estimate of drug-likeness (QED) is 0.430. The second-order valence-corrected chi connectivity index (χ2v) is 13.1. The van der Waals surface area contributed by atoms with Gasteiger partial charge in [-0.15, -0.1) is 6.58 Å². The highest BCUT2D eigenvalue weighted by Gasteiger charge is 2.61. The van der Waals surface area contributed by atoms with Crippen LogP contribution in [0, 0.1) is 11.3 Å². The lowest BCUT2D eigenvalue weighted by molar-refractivity contribution is -0.142. The molecule has 2 aliphatic rings. The van der Waals surface area contributed by atoms with Gasteiger partial charge in [0.25, 0.3) is 5.91 Å². The van der Waals surface area contributed by atoms with Crippen LogP contribution in [0.3, 0.4) is 0 Å². The van der Waals surface area contributed by atoms with Crippen LogP contribution < -0.4 is 15.4 Å². The van der Waals surface area contributed by atoms with Crippen LogP contribution in [0.15, 0.2) is 12.7 Å². The van der Waals surface area contributed by atoms with Crippen molar-refractivity contribution in [2.75, 3.05) is 12.8 Å². The van der Waals surface area contributed by atoms with Crippen molar-refractivity contribution >= 4 is 33.8 Å². The van der Waals surface area contributed by atoms with Gasteiger partial charge in [0.1, 0.15) is 23.2 Å². The maximum absolute atomic E-state index is 13.5. The molecule has 0 aromatic rings. The average molecular weight is 515 g/mol. The lowest BCUT2D eigenvalue weighted by atomic mass is 9.85. The molecule has 1 aliphatic carbocycles. The molecule has 0 radical (unpaired) electrons. The van der Waals surface area contributed by atoms with Crippen LogP contribution in [0.2, 0.25) is 0 Å². The van der Waals surface area contributed by atoms with Crippen molar-refractivity contribution < 1.29 is 32.3 Å². The van der Waals surface area contributed by atoms with Gasteiger partial charge in [0.2, 0.25) is 21.8 Å². The van der Waals surface area contributed by atoms with Crippen LogP contribution in [0.5, 0.6) is 0 Å². The zero-order valence-electron chi connectivity index (χ0n) is 21.6. The number of carbonyl (C=O) groups is 4. The summed E-state index contributed by atoms with van der Waals surface area (Å²) in [5, 5.41) is 5.32. The molecule has 1 saturated heterocycles. The highest BCUT2D eigenvalue weighted by atomic mass is 32.2. The Bertz CT molecular complexity index is 996. The molecule has 2 fully saturated rings. The Morgan fingerprint density at radius 3 is 2.20 bits per heavy atom. The number of hydrogen-bond acceptors (Lipinski definition) is 7. The third-order valence-electron chi connectivity index (χ3n) is 5.94. The van der Waals surface area contributed by atoms with E-state index in [4.69, 9.17) is 4.74 Å². The Labute approximate surface area is 207 Å². The van der Waals surface area contributed by atoms with E-state index in [1.165, 1.54) is 11.0 Å². The SMILES string of the molecule is C=CC1CC1(NC(=O)[C@@H]1CCCN1C(=O)[C@@H](NC(=O)OC(C)(C)C)C(C)(C)C)C(=O)NS(C)(=O)=O. The molecule has 4 atom stereocenters. The number of sulfonamides is 1. The lowest BCUT2D eigenvalue weighted by Gasteiger charge is -2.36. The van der Waals surface area contributed by atoms with E-state index in [9.17, 15) is 27.6 Å². The van der Waals surface area contributed by atoms with Gasteiger partial charge in [-0.05, 0) is 45.4 Å². The van der Waals surface area contributed by atoms with Crippen molar-refractivity contribution in [1.29, 1.82) is 0 Å². The summed E-state index contributed by atoms with van der Waals surface area (Å²) in [5.41, 5.74) is -2.87. The van der Waals surface area contributed by atoms with Crippen molar-refractivity contribution in [2.24, 2.45) is 11.3 Å². The minimum absolute atomic E-state index is 0.203. The molecular weight excluding hydrogens is 476 g/mol. The Morgan fingerprint density at radius 1 is 1.14 bits per heavy atom. The zero-order chi connectivity index (χ0) is 27.0. The molecular formula is C23H38N4O7S. The summed E-state index contributed by atoms with van der Waals surface area (Å²) in [6, 6.07) is -1.84. The zero-order valence-corrected chi connectivity index (χ0v) is 22.4. The number of alkyl carbamates (subject to hydrolysis) is 1. The van der Waals surface area contributed by atoms with Gasteiger partial charge in [-0.1, -0.05) is 26.8 Å². The number of nitrogens with one attached hydrogen (secondary N) is 3. The van der Waals surface area contributed by atoms with Crippen LogP contribution in [0.4, 0.5) is 4.79 Å². The van der Waals surface area contributed by atoms with E-state index in [2.05, 4.69) is 17.2 Å². The standard InChI is InChI=1S/C23H38N4O7S/c1-9-14-13-23(14,19(30)26-35(8,32)33)25-17(28)15-11-10-12-27(15)18(29)16(21(2,3)4)24-20(31)34-22(5,6)7/h9,14-16H,1,10-13H2,2-8H3,(H,24,31)(H,25,28)(H,26,30)/t14?,15-,16+,23?/m0/s1. The first-order valence-electron chi connectivity index (χ1n) is 11.6. The number of likely N-dealkylation sites (tertiary alicyclic amines) is 1. The molecule has 0 bridgehead atoms. The molecule has 1 saturated carbocycles. The van der Waals surface area contributed by atoms with E-state index in [0.717, 1.165) is 6.26 Å². The molecule has 12 heteroatoms. The molecule has 2 rings (SSSR count). The molecule has 0 aromatic carbocycles. The fourth-order valence-electron chi connectivity index (χ4n) is 4.14. The van der Waals surface area contributed by atoms with Gasteiger partial charge in [-0.3, -0.25) is 19.1 Å². The Hall–Kier alpha value is -2.63. The predicted molar refractivity (Wildman–Crippen MR) is 130 cm³/mol. The molecule has 198 valence electrons. The summed E-state index contributed by atoms with van der Waals surface area (Å²) in [6.45, 7) is 14.5. The van der Waals surface area contributed by atoms with Gasteiger partial charge in [-0.25, -0.2) is 13.2 Å². The summed E-state index contributed by atoms with van der Waals surface area (Å²) >= 11 is 0. The molecule has 11 nitrogen and oxygen atoms in total. The fraction of sp³-hybridized carbons (Fsp3) is 0.739. The van der Waals surface area contributed by atoms with Crippen LogP contribution in [0.25, 0.3) is 0 Å². The predicted octanol–water partition coefficient (Wildman–Crippen LogP) is 1.05. The van der Waals surface area contributed by atoms with Crippen LogP contribution in [-0.4, -0.2) is 73.2 Å². The van der Waals surface area contributed by atoms with Gasteiger partial charge < -0.3 is 20.3 Å². The molecule has 2 unspecified atom stereocenters. The monoisotopic (exact) mass is 514 g/mol. The van der Waals surface area contributed by atoms with Crippen LogP contribution in [-0.2, 0) is 29.1 Å². The van der Waals surface area contributed by atoms with Gasteiger partial charge >= 0.3 is 6.09 Å². The normalized spacial score (nSPS) is 25.3. The largest absolute Gasteiger partial charge is 0.444 e. The highest BCUT2D eigenvalue weighted by Crippen LogP contribution is 2.45. The third-order valence-corrected chi connectivity index (χ3v) is 6.50. The average Bonchev–Trinajstić information content (AvgIpc) is 3.14. The van der Waals surface area contributed by atoms with Crippen molar-refractivity contribution in [3.63, 3.8) is 0 Å². The maximum atomic E-state index is 13.5. The molecule has 0 spiro atoms. The maximum Gasteiger partial charge on any atom is 0.408 e. The van der Waals surface area contributed by atoms with E-state index in [1.54, 1.807) is 41.5 Å². The van der Waals surface area contributed by atoms with E-state index in [0.29, 0.717) is 19.4 Å². The summed E-state index contributed by atoms with van der Waals surface area (Å²) in [6.07, 6.45) is 2.72. The van der Waals surface area contributed by atoms with Crippen molar-refractivity contribution in [2.45, 2.75) is 84.0 Å². The number of rotatable bonds is 7. The Morgan fingerprint density at radius 2 is 1.74 bits per heavy atom. The molecule has 1 aliphatic heterocycles. The lowest BCUT2D eigenvalue weighted by Crippen LogP contribution is -2.60. The van der Waals surface area contributed by atoms with Crippen molar-refractivity contribution in [3.8, 4) is 0 Å². The topological polar surface area (TPSA) is 151 Å². The van der Waals surface area contributed by atoms with Gasteiger partial charge in [-0.2, -0.15) is 0 Å². The molecule has 3 N–H and O–H groups in total. The summed E-state index contributed by atoms with van der Waals surface area (Å²) in [4.78, 5) is 53.3. The van der Waals surface area contributed by atoms with E-state index >= 15 is 0 Å². The second kappa shape index (κ2) is 9.79. The fourth-order valence-corrected chi connectivity index (χ4v) is 4.66. The van der Waals surface area contributed by atoms with Crippen molar-refractivity contribution in [1.82, 2.24) is 20.3 Å². The Balaban J connectivity index is 2.22. The smallest absolute Gasteiger partial charge is 0.408 e. The van der Waals surface area contributed by atoms with E-state index in [-0.39, 0.29) is 6.42 Å². The van der Waals surface area contributed by atoms with Crippen molar-refractivity contribution in [3.05, 3.63) is 12.7 Å². The van der Waals surface area contributed by atoms with Gasteiger partial charge in [0.05, 0.1) is 6.26 Å². The van der Waals surface area contributed by atoms with Gasteiger partial charge in [0, 0.05) is 12.5 Å². The summed E-state index contributed by atoms with van der Waals surface area (Å²) < 4.78 is 30.4. The number of amides is 4. The number of hydrogen-bond donors (Lipinski definition) is 3. The van der Waals surface area contributed by atoms with E-state index in [1.807, 2.05) is 4.72 Å². The van der Waals surface area contributed by atoms with Crippen LogP contribution >= 0.6 is 0 Å². The molecule has 4 amide bonds. The minimum Gasteiger partial charge on any atom is -0.444 e. The second-order valence-electron chi connectivity index (χ2n) is 11.3. The van der Waals surface area contributed by atoms with E-state index < -0.39 is 68.4 Å². The number of ether oxygens (including phenoxy) is 1. The molecule has 35 heavy (non-hydrogen) atoms. The Kier molecular flexibility index (Phi) is 8.00. The minimum atomic E-state index is -3.83. The molecule has 0 aromatic heterocycles. The number of nitrogens with zero attached hydrogens (tertiary/aromatic N) is 1. The number of carbonyl (C=O) groups excluding carboxylic acids is 4. The summed E-state index contributed by atoms with van der Waals surface area (Å²) in [5.74, 6) is -2.27.